The van der Waals surface area contributed by atoms with Crippen molar-refractivity contribution >= 4 is 28.7 Å². The van der Waals surface area contributed by atoms with E-state index in [1.807, 2.05) is 72.8 Å². The SMILES string of the molecule is Br.CCCCC(NCCc1ccccc1)N(C(N)=O)c1ccc(OCc2ccccc2)cc1. The number of hydrogen-bond donors (Lipinski definition) is 2. The number of ether oxygens (including phenoxy) is 1. The quantitative estimate of drug-likeness (QED) is 0.289. The number of urea groups is 1. The third-order valence-electron chi connectivity index (χ3n) is 5.38. The summed E-state index contributed by atoms with van der Waals surface area (Å²) in [6, 6.07) is 27.5. The number of rotatable bonds is 12. The summed E-state index contributed by atoms with van der Waals surface area (Å²) in [4.78, 5) is 14.1. The van der Waals surface area contributed by atoms with E-state index in [-0.39, 0.29) is 23.1 Å². The summed E-state index contributed by atoms with van der Waals surface area (Å²) in [5.41, 5.74) is 8.95. The molecule has 0 saturated heterocycles. The van der Waals surface area contributed by atoms with Gasteiger partial charge in [-0.25, -0.2) is 4.79 Å². The molecule has 0 heterocycles. The first kappa shape index (κ1) is 26.4. The fraction of sp³-hybridized carbons (Fsp3) is 0.296. The fourth-order valence-corrected chi connectivity index (χ4v) is 3.65. The molecule has 5 nitrogen and oxygen atoms in total. The van der Waals surface area contributed by atoms with Crippen molar-refractivity contribution in [2.45, 2.75) is 45.4 Å². The van der Waals surface area contributed by atoms with Gasteiger partial charge in [0.15, 0.2) is 0 Å². The largest absolute Gasteiger partial charge is 0.489 e. The van der Waals surface area contributed by atoms with Crippen molar-refractivity contribution in [1.82, 2.24) is 5.32 Å². The molecule has 0 aliphatic carbocycles. The molecular weight excluding hydrogens is 478 g/mol. The van der Waals surface area contributed by atoms with Crippen LogP contribution >= 0.6 is 17.0 Å². The van der Waals surface area contributed by atoms with Crippen molar-refractivity contribution < 1.29 is 9.53 Å². The second-order valence-corrected chi connectivity index (χ2v) is 7.82. The molecule has 1 atom stereocenters. The molecule has 6 heteroatoms. The molecular formula is C27H34BrN3O2. The minimum absolute atomic E-state index is 0. The predicted molar refractivity (Wildman–Crippen MR) is 141 cm³/mol. The number of benzene rings is 3. The van der Waals surface area contributed by atoms with Crippen LogP contribution in [0, 0.1) is 0 Å². The smallest absolute Gasteiger partial charge is 0.320 e. The van der Waals surface area contributed by atoms with Gasteiger partial charge in [0.05, 0.1) is 6.17 Å². The molecule has 3 N–H and O–H groups in total. The average molecular weight is 512 g/mol. The van der Waals surface area contributed by atoms with E-state index >= 15 is 0 Å². The van der Waals surface area contributed by atoms with E-state index in [9.17, 15) is 4.79 Å². The Hall–Kier alpha value is -2.83. The summed E-state index contributed by atoms with van der Waals surface area (Å²) in [6.45, 7) is 3.41. The number of nitrogens with zero attached hydrogens (tertiary/aromatic N) is 1. The number of primary amides is 1. The van der Waals surface area contributed by atoms with E-state index in [1.165, 1.54) is 5.56 Å². The maximum Gasteiger partial charge on any atom is 0.320 e. The molecule has 2 amide bonds. The van der Waals surface area contributed by atoms with Crippen LogP contribution in [-0.4, -0.2) is 18.7 Å². The molecule has 0 fully saturated rings. The van der Waals surface area contributed by atoms with Gasteiger partial charge in [-0.15, -0.1) is 17.0 Å². The number of nitrogens with two attached hydrogens (primary N) is 1. The second kappa shape index (κ2) is 14.3. The minimum Gasteiger partial charge on any atom is -0.489 e. The molecule has 33 heavy (non-hydrogen) atoms. The molecule has 3 aromatic rings. The molecule has 0 bridgehead atoms. The van der Waals surface area contributed by atoms with Crippen molar-refractivity contribution in [2.75, 3.05) is 11.4 Å². The number of unbranched alkanes of at least 4 members (excludes halogenated alkanes) is 1. The van der Waals surface area contributed by atoms with Crippen LogP contribution in [0.25, 0.3) is 0 Å². The predicted octanol–water partition coefficient (Wildman–Crippen LogP) is 6.08. The number of anilines is 1. The van der Waals surface area contributed by atoms with Crippen LogP contribution in [0.15, 0.2) is 84.9 Å². The molecule has 0 aromatic heterocycles. The number of carbonyl (C=O) groups excluding carboxylic acids is 1. The van der Waals surface area contributed by atoms with Gasteiger partial charge in [0.2, 0.25) is 0 Å². The summed E-state index contributed by atoms with van der Waals surface area (Å²) in [6.07, 6.45) is 3.62. The molecule has 0 spiro atoms. The number of hydrogen-bond acceptors (Lipinski definition) is 3. The maximum absolute atomic E-state index is 12.4. The van der Waals surface area contributed by atoms with Crippen LogP contribution in [-0.2, 0) is 13.0 Å². The van der Waals surface area contributed by atoms with E-state index in [0.29, 0.717) is 6.61 Å². The third-order valence-corrected chi connectivity index (χ3v) is 5.38. The van der Waals surface area contributed by atoms with Gasteiger partial charge in [-0.3, -0.25) is 10.2 Å². The summed E-state index contributed by atoms with van der Waals surface area (Å²) >= 11 is 0. The highest BCUT2D eigenvalue weighted by molar-refractivity contribution is 8.93. The zero-order valence-electron chi connectivity index (χ0n) is 19.2. The first-order valence-corrected chi connectivity index (χ1v) is 11.3. The Morgan fingerprint density at radius 1 is 0.939 bits per heavy atom. The summed E-state index contributed by atoms with van der Waals surface area (Å²) in [5, 5.41) is 3.54. The Bertz CT molecular complexity index is 937. The zero-order chi connectivity index (χ0) is 22.6. The molecule has 0 aliphatic heterocycles. The van der Waals surface area contributed by atoms with Crippen molar-refractivity contribution in [3.8, 4) is 5.75 Å². The Labute approximate surface area is 207 Å². The van der Waals surface area contributed by atoms with Crippen molar-refractivity contribution in [3.05, 3.63) is 96.1 Å². The van der Waals surface area contributed by atoms with Gasteiger partial charge < -0.3 is 10.5 Å². The van der Waals surface area contributed by atoms with Gasteiger partial charge in [-0.1, -0.05) is 80.4 Å². The summed E-state index contributed by atoms with van der Waals surface area (Å²) in [7, 11) is 0. The summed E-state index contributed by atoms with van der Waals surface area (Å²) in [5.74, 6) is 0.754. The first-order chi connectivity index (χ1) is 15.7. The van der Waals surface area contributed by atoms with Crippen molar-refractivity contribution in [3.63, 3.8) is 0 Å². The molecule has 0 radical (unpaired) electrons. The number of nitrogens with one attached hydrogen (secondary N) is 1. The van der Waals surface area contributed by atoms with Gasteiger partial charge in [0.25, 0.3) is 0 Å². The topological polar surface area (TPSA) is 67.6 Å². The Morgan fingerprint density at radius 2 is 1.55 bits per heavy atom. The molecule has 176 valence electrons. The average Bonchev–Trinajstić information content (AvgIpc) is 2.83. The standard InChI is InChI=1S/C27H33N3O2.BrH/c1-2-3-14-26(29-20-19-22-10-6-4-7-11-22)30(27(28)31)24-15-17-25(18-16-24)32-21-23-12-8-5-9-13-23;/h4-13,15-18,26,29H,2-3,14,19-21H2,1H3,(H2,28,31);1H. The van der Waals surface area contributed by atoms with Crippen LogP contribution in [0.5, 0.6) is 5.75 Å². The highest BCUT2D eigenvalue weighted by Gasteiger charge is 2.23. The normalized spacial score (nSPS) is 11.3. The summed E-state index contributed by atoms with van der Waals surface area (Å²) < 4.78 is 5.88. The van der Waals surface area contributed by atoms with Crippen molar-refractivity contribution in [1.29, 1.82) is 0 Å². The van der Waals surface area contributed by atoms with Gasteiger partial charge in [0, 0.05) is 12.2 Å². The van der Waals surface area contributed by atoms with Crippen LogP contribution in [0.3, 0.4) is 0 Å². The minimum atomic E-state index is -0.462. The lowest BCUT2D eigenvalue weighted by Gasteiger charge is -2.31. The van der Waals surface area contributed by atoms with E-state index in [0.717, 1.165) is 49.2 Å². The van der Waals surface area contributed by atoms with Gasteiger partial charge in [-0.2, -0.15) is 0 Å². The number of halogens is 1. The Morgan fingerprint density at radius 3 is 2.12 bits per heavy atom. The van der Waals surface area contributed by atoms with E-state index < -0.39 is 6.03 Å². The third kappa shape index (κ3) is 8.56. The highest BCUT2D eigenvalue weighted by Crippen LogP contribution is 2.23. The molecule has 0 saturated carbocycles. The zero-order valence-corrected chi connectivity index (χ0v) is 20.9. The monoisotopic (exact) mass is 511 g/mol. The number of amides is 2. The van der Waals surface area contributed by atoms with Gasteiger partial charge in [0.1, 0.15) is 12.4 Å². The highest BCUT2D eigenvalue weighted by atomic mass is 79.9. The molecule has 1 unspecified atom stereocenters. The maximum atomic E-state index is 12.4. The lowest BCUT2D eigenvalue weighted by Crippen LogP contribution is -2.51. The Balaban J connectivity index is 0.00000385. The van der Waals surface area contributed by atoms with Gasteiger partial charge in [-0.05, 0) is 48.2 Å². The lowest BCUT2D eigenvalue weighted by molar-refractivity contribution is 0.249. The van der Waals surface area contributed by atoms with E-state index in [4.69, 9.17) is 10.5 Å². The first-order valence-electron chi connectivity index (χ1n) is 11.3. The van der Waals surface area contributed by atoms with Crippen molar-refractivity contribution in [2.24, 2.45) is 5.73 Å². The van der Waals surface area contributed by atoms with E-state index in [1.54, 1.807) is 4.90 Å². The van der Waals surface area contributed by atoms with Crippen LogP contribution in [0.4, 0.5) is 10.5 Å². The second-order valence-electron chi connectivity index (χ2n) is 7.82. The van der Waals surface area contributed by atoms with Crippen LogP contribution < -0.4 is 20.7 Å². The van der Waals surface area contributed by atoms with Crippen LogP contribution in [0.2, 0.25) is 0 Å². The molecule has 3 rings (SSSR count). The van der Waals surface area contributed by atoms with Gasteiger partial charge >= 0.3 is 6.03 Å². The number of carbonyl (C=O) groups is 1. The lowest BCUT2D eigenvalue weighted by atomic mass is 10.1. The van der Waals surface area contributed by atoms with Crippen LogP contribution in [0.1, 0.15) is 37.3 Å². The Kier molecular flexibility index (Phi) is 11.5. The molecule has 3 aromatic carbocycles. The molecule has 0 aliphatic rings. The van der Waals surface area contributed by atoms with E-state index in [2.05, 4.69) is 24.4 Å². The fourth-order valence-electron chi connectivity index (χ4n) is 3.65.